The van der Waals surface area contributed by atoms with Crippen LogP contribution in [0, 0.1) is 11.8 Å². The molecule has 0 spiro atoms. The van der Waals surface area contributed by atoms with Crippen molar-refractivity contribution in [3.63, 3.8) is 0 Å². The lowest BCUT2D eigenvalue weighted by Gasteiger charge is -2.11. The maximum Gasteiger partial charge on any atom is 0.307 e. The maximum absolute atomic E-state index is 11.7. The number of aryl methyl sites for hydroxylation is 1. The lowest BCUT2D eigenvalue weighted by atomic mass is 10.1. The molecule has 1 aliphatic carbocycles. The van der Waals surface area contributed by atoms with E-state index in [1.807, 2.05) is 25.1 Å². The first-order valence-electron chi connectivity index (χ1n) is 7.87. The van der Waals surface area contributed by atoms with Gasteiger partial charge in [0, 0.05) is 6.54 Å². The minimum Gasteiger partial charge on any atom is -0.493 e. The largest absolute Gasteiger partial charge is 0.493 e. The van der Waals surface area contributed by atoms with Crippen molar-refractivity contribution in [1.82, 2.24) is 5.32 Å². The SMILES string of the molecule is CCOc1cc(CCCNC(=O)C2CC2C(=O)O)ccc1OC. The third kappa shape index (κ3) is 4.61. The van der Waals surface area contributed by atoms with Gasteiger partial charge in [0.05, 0.1) is 25.6 Å². The molecule has 2 unspecified atom stereocenters. The van der Waals surface area contributed by atoms with Crippen molar-refractivity contribution >= 4 is 11.9 Å². The summed E-state index contributed by atoms with van der Waals surface area (Å²) < 4.78 is 10.8. The highest BCUT2D eigenvalue weighted by molar-refractivity contribution is 5.89. The van der Waals surface area contributed by atoms with Crippen LogP contribution >= 0.6 is 0 Å². The van der Waals surface area contributed by atoms with Gasteiger partial charge < -0.3 is 19.9 Å². The van der Waals surface area contributed by atoms with Crippen LogP contribution in [0.15, 0.2) is 18.2 Å². The van der Waals surface area contributed by atoms with Gasteiger partial charge in [-0.25, -0.2) is 0 Å². The number of rotatable bonds is 9. The minimum atomic E-state index is -0.883. The number of hydrogen-bond acceptors (Lipinski definition) is 4. The number of carboxylic acid groups (broad SMARTS) is 1. The van der Waals surface area contributed by atoms with Crippen LogP contribution in [0.1, 0.15) is 25.3 Å². The van der Waals surface area contributed by atoms with E-state index < -0.39 is 11.9 Å². The Bertz CT molecular complexity index is 572. The van der Waals surface area contributed by atoms with E-state index in [9.17, 15) is 9.59 Å². The highest BCUT2D eigenvalue weighted by atomic mass is 16.5. The summed E-state index contributed by atoms with van der Waals surface area (Å²) in [6.45, 7) is 3.03. The molecule has 2 rings (SSSR count). The first kappa shape index (κ1) is 17.1. The van der Waals surface area contributed by atoms with Gasteiger partial charge in [-0.2, -0.15) is 0 Å². The number of methoxy groups -OCH3 is 1. The third-order valence-electron chi connectivity index (χ3n) is 3.91. The quantitative estimate of drug-likeness (QED) is 0.678. The monoisotopic (exact) mass is 321 g/mol. The molecule has 23 heavy (non-hydrogen) atoms. The second-order valence-corrected chi connectivity index (χ2v) is 5.60. The topological polar surface area (TPSA) is 84.9 Å². The predicted octanol–water partition coefficient (Wildman–Crippen LogP) is 1.86. The Labute approximate surface area is 135 Å². The number of carbonyl (C=O) groups excluding carboxylic acids is 1. The Morgan fingerprint density at radius 2 is 2.09 bits per heavy atom. The Kier molecular flexibility index (Phi) is 5.84. The number of amides is 1. The molecule has 1 aromatic carbocycles. The third-order valence-corrected chi connectivity index (χ3v) is 3.91. The molecular formula is C17H23NO5. The second-order valence-electron chi connectivity index (χ2n) is 5.60. The molecule has 1 aliphatic rings. The van der Waals surface area contributed by atoms with E-state index in [2.05, 4.69) is 5.32 Å². The maximum atomic E-state index is 11.7. The number of hydrogen-bond donors (Lipinski definition) is 2. The summed E-state index contributed by atoms with van der Waals surface area (Å²) >= 11 is 0. The van der Waals surface area contributed by atoms with E-state index in [0.717, 1.165) is 24.2 Å². The highest BCUT2D eigenvalue weighted by Crippen LogP contribution is 2.38. The molecule has 1 fully saturated rings. The fourth-order valence-electron chi connectivity index (χ4n) is 2.54. The summed E-state index contributed by atoms with van der Waals surface area (Å²) in [6, 6.07) is 5.80. The molecular weight excluding hydrogens is 298 g/mol. The Morgan fingerprint density at radius 1 is 1.30 bits per heavy atom. The molecule has 0 heterocycles. The van der Waals surface area contributed by atoms with Gasteiger partial charge >= 0.3 is 5.97 Å². The number of ether oxygens (including phenoxy) is 2. The van der Waals surface area contributed by atoms with Crippen molar-refractivity contribution in [3.8, 4) is 11.5 Å². The summed E-state index contributed by atoms with van der Waals surface area (Å²) in [5.74, 6) is -0.450. The van der Waals surface area contributed by atoms with Gasteiger partial charge in [0.25, 0.3) is 0 Å². The van der Waals surface area contributed by atoms with E-state index in [1.165, 1.54) is 0 Å². The molecule has 126 valence electrons. The van der Waals surface area contributed by atoms with E-state index >= 15 is 0 Å². The molecule has 0 radical (unpaired) electrons. The summed E-state index contributed by atoms with van der Waals surface area (Å²) in [6.07, 6.45) is 2.04. The standard InChI is InChI=1S/C17H23NO5/c1-3-23-15-9-11(6-7-14(15)22-2)5-4-8-18-16(19)12-10-13(12)17(20)21/h6-7,9,12-13H,3-5,8,10H2,1-2H3,(H,18,19)(H,20,21). The number of carboxylic acids is 1. The fourth-order valence-corrected chi connectivity index (χ4v) is 2.54. The van der Waals surface area contributed by atoms with Crippen molar-refractivity contribution in [2.75, 3.05) is 20.3 Å². The summed E-state index contributed by atoms with van der Waals surface area (Å²) in [7, 11) is 1.61. The van der Waals surface area contributed by atoms with Gasteiger partial charge in [-0.05, 0) is 43.9 Å². The van der Waals surface area contributed by atoms with Gasteiger partial charge in [0.1, 0.15) is 0 Å². The number of nitrogens with one attached hydrogen (secondary N) is 1. The first-order chi connectivity index (χ1) is 11.1. The van der Waals surface area contributed by atoms with Crippen LogP contribution in [0.3, 0.4) is 0 Å². The van der Waals surface area contributed by atoms with Gasteiger partial charge in [-0.15, -0.1) is 0 Å². The summed E-state index contributed by atoms with van der Waals surface area (Å²) in [5.41, 5.74) is 1.11. The van der Waals surface area contributed by atoms with Crippen molar-refractivity contribution in [1.29, 1.82) is 0 Å². The molecule has 2 N–H and O–H groups in total. The lowest BCUT2D eigenvalue weighted by Crippen LogP contribution is -2.27. The average molecular weight is 321 g/mol. The smallest absolute Gasteiger partial charge is 0.307 e. The lowest BCUT2D eigenvalue weighted by molar-refractivity contribution is -0.140. The molecule has 1 amide bonds. The number of carbonyl (C=O) groups is 2. The van der Waals surface area contributed by atoms with Crippen LogP contribution < -0.4 is 14.8 Å². The molecule has 6 heteroatoms. The molecule has 0 saturated heterocycles. The second kappa shape index (κ2) is 7.85. The molecule has 1 saturated carbocycles. The predicted molar refractivity (Wildman–Crippen MR) is 84.7 cm³/mol. The van der Waals surface area contributed by atoms with Crippen LogP contribution in [0.25, 0.3) is 0 Å². The molecule has 6 nitrogen and oxygen atoms in total. The van der Waals surface area contributed by atoms with Gasteiger partial charge in [-0.1, -0.05) is 6.07 Å². The van der Waals surface area contributed by atoms with E-state index in [4.69, 9.17) is 14.6 Å². The van der Waals surface area contributed by atoms with E-state index in [-0.39, 0.29) is 11.8 Å². The van der Waals surface area contributed by atoms with Gasteiger partial charge in [0.15, 0.2) is 11.5 Å². The van der Waals surface area contributed by atoms with Gasteiger partial charge in [0.2, 0.25) is 5.91 Å². The highest BCUT2D eigenvalue weighted by Gasteiger charge is 2.48. The summed E-state index contributed by atoms with van der Waals surface area (Å²) in [5, 5.41) is 11.6. The van der Waals surface area contributed by atoms with Crippen molar-refractivity contribution in [2.45, 2.75) is 26.2 Å². The van der Waals surface area contributed by atoms with Crippen LogP contribution in [0.2, 0.25) is 0 Å². The average Bonchev–Trinajstić information content (AvgIpc) is 3.33. The normalized spacial score (nSPS) is 19.0. The molecule has 0 aromatic heterocycles. The zero-order valence-electron chi connectivity index (χ0n) is 13.5. The van der Waals surface area contributed by atoms with Crippen LogP contribution in [-0.4, -0.2) is 37.2 Å². The zero-order valence-corrected chi connectivity index (χ0v) is 13.5. The van der Waals surface area contributed by atoms with E-state index in [1.54, 1.807) is 7.11 Å². The van der Waals surface area contributed by atoms with Gasteiger partial charge in [-0.3, -0.25) is 9.59 Å². The molecule has 0 aliphatic heterocycles. The Hall–Kier alpha value is -2.24. The molecule has 2 atom stereocenters. The van der Waals surface area contributed by atoms with E-state index in [0.29, 0.717) is 25.3 Å². The zero-order chi connectivity index (χ0) is 16.8. The number of benzene rings is 1. The minimum absolute atomic E-state index is 0.151. The first-order valence-corrected chi connectivity index (χ1v) is 7.87. The van der Waals surface area contributed by atoms with Crippen LogP contribution in [0.5, 0.6) is 11.5 Å². The number of aliphatic carboxylic acids is 1. The van der Waals surface area contributed by atoms with Crippen molar-refractivity contribution < 1.29 is 24.2 Å². The summed E-state index contributed by atoms with van der Waals surface area (Å²) in [4.78, 5) is 22.5. The molecule has 0 bridgehead atoms. The fraction of sp³-hybridized carbons (Fsp3) is 0.529. The van der Waals surface area contributed by atoms with Crippen LogP contribution in [0.4, 0.5) is 0 Å². The Morgan fingerprint density at radius 3 is 2.70 bits per heavy atom. The van der Waals surface area contributed by atoms with Crippen molar-refractivity contribution in [2.24, 2.45) is 11.8 Å². The van der Waals surface area contributed by atoms with Crippen LogP contribution in [-0.2, 0) is 16.0 Å². The molecule has 1 aromatic rings. The Balaban J connectivity index is 1.75. The van der Waals surface area contributed by atoms with Crippen molar-refractivity contribution in [3.05, 3.63) is 23.8 Å².